The summed E-state index contributed by atoms with van der Waals surface area (Å²) < 4.78 is 3.61. The Morgan fingerprint density at radius 3 is 2.69 bits per heavy atom. The van der Waals surface area contributed by atoms with Gasteiger partial charge in [-0.2, -0.15) is 4.57 Å². The Morgan fingerprint density at radius 2 is 1.88 bits per heavy atom. The first kappa shape index (κ1) is 17.2. The number of anilines is 1. The number of thiazole rings is 1. The number of nitrogens with zero attached hydrogens (tertiary/aromatic N) is 2. The molecule has 2 heterocycles. The molecule has 1 aliphatic rings. The van der Waals surface area contributed by atoms with Crippen molar-refractivity contribution in [3.8, 4) is 0 Å². The Kier molecular flexibility index (Phi) is 4.74. The molecule has 0 amide bonds. The SMILES string of the molecule is CCN1C(=CC(N)=Cc2sc3ccccc3[n+]2CC)Sc2ccccc21. The molecule has 0 radical (unpaired) electrons. The second-order valence-corrected chi connectivity index (χ2v) is 8.22. The first-order valence-electron chi connectivity index (χ1n) is 8.86. The van der Waals surface area contributed by atoms with Gasteiger partial charge in [-0.25, -0.2) is 0 Å². The number of para-hydroxylation sites is 2. The van der Waals surface area contributed by atoms with Gasteiger partial charge in [0.25, 0.3) is 5.01 Å². The molecule has 0 bridgehead atoms. The maximum absolute atomic E-state index is 6.42. The summed E-state index contributed by atoms with van der Waals surface area (Å²) in [6.07, 6.45) is 4.19. The van der Waals surface area contributed by atoms with Gasteiger partial charge in [-0.15, -0.1) is 0 Å². The van der Waals surface area contributed by atoms with Crippen LogP contribution in [0.4, 0.5) is 5.69 Å². The normalized spacial score (nSPS) is 15.8. The summed E-state index contributed by atoms with van der Waals surface area (Å²) >= 11 is 3.57. The van der Waals surface area contributed by atoms with E-state index in [0.29, 0.717) is 0 Å². The smallest absolute Gasteiger partial charge is 0.264 e. The van der Waals surface area contributed by atoms with Crippen LogP contribution in [0.3, 0.4) is 0 Å². The van der Waals surface area contributed by atoms with Crippen LogP contribution >= 0.6 is 23.1 Å². The van der Waals surface area contributed by atoms with Gasteiger partial charge in [0, 0.05) is 29.3 Å². The Hall–Kier alpha value is -2.24. The number of thioether (sulfide) groups is 1. The molecule has 0 saturated heterocycles. The second-order valence-electron chi connectivity index (χ2n) is 6.09. The van der Waals surface area contributed by atoms with E-state index in [4.69, 9.17) is 5.73 Å². The standard InChI is InChI=1S/C21H21N3S2/c1-3-23-16-9-5-7-11-18(16)25-20(23)13-15(22)14-21-24(4-2)17-10-6-8-12-19(17)26-21/h5-14,22H,3-4H2,1-2H3/p+1. The Labute approximate surface area is 162 Å². The van der Waals surface area contributed by atoms with E-state index < -0.39 is 0 Å². The van der Waals surface area contributed by atoms with Crippen molar-refractivity contribution in [3.63, 3.8) is 0 Å². The third-order valence-electron chi connectivity index (χ3n) is 4.49. The highest BCUT2D eigenvalue weighted by Crippen LogP contribution is 2.45. The van der Waals surface area contributed by atoms with E-state index >= 15 is 0 Å². The fourth-order valence-electron chi connectivity index (χ4n) is 3.30. The molecule has 0 aliphatic carbocycles. The van der Waals surface area contributed by atoms with Crippen LogP contribution in [-0.2, 0) is 6.54 Å². The molecule has 5 heteroatoms. The number of benzene rings is 2. The minimum absolute atomic E-state index is 0.785. The second kappa shape index (κ2) is 7.17. The number of rotatable bonds is 4. The van der Waals surface area contributed by atoms with Crippen LogP contribution in [0.5, 0.6) is 0 Å². The van der Waals surface area contributed by atoms with Crippen LogP contribution < -0.4 is 15.2 Å². The van der Waals surface area contributed by atoms with E-state index in [1.54, 1.807) is 23.1 Å². The van der Waals surface area contributed by atoms with Crippen LogP contribution in [0.2, 0.25) is 0 Å². The van der Waals surface area contributed by atoms with Crippen molar-refractivity contribution >= 4 is 45.1 Å². The van der Waals surface area contributed by atoms with Crippen molar-refractivity contribution in [1.82, 2.24) is 0 Å². The van der Waals surface area contributed by atoms with Gasteiger partial charge in [0.2, 0.25) is 5.52 Å². The van der Waals surface area contributed by atoms with E-state index in [1.165, 1.54) is 30.8 Å². The third-order valence-corrected chi connectivity index (χ3v) is 6.71. The maximum atomic E-state index is 6.42. The Balaban J connectivity index is 1.70. The molecule has 0 unspecified atom stereocenters. The van der Waals surface area contributed by atoms with Gasteiger partial charge in [-0.3, -0.25) is 0 Å². The summed E-state index contributed by atoms with van der Waals surface area (Å²) in [6, 6.07) is 17.0. The molecule has 26 heavy (non-hydrogen) atoms. The van der Waals surface area contributed by atoms with Crippen molar-refractivity contribution in [2.24, 2.45) is 5.73 Å². The average Bonchev–Trinajstić information content (AvgIpc) is 3.17. The van der Waals surface area contributed by atoms with Crippen molar-refractivity contribution < 1.29 is 4.57 Å². The summed E-state index contributed by atoms with van der Waals surface area (Å²) in [5, 5.41) is 2.37. The molecule has 3 nitrogen and oxygen atoms in total. The van der Waals surface area contributed by atoms with E-state index in [1.807, 2.05) is 0 Å². The molecule has 0 fully saturated rings. The summed E-state index contributed by atoms with van der Waals surface area (Å²) in [5.41, 5.74) is 9.74. The zero-order valence-electron chi connectivity index (χ0n) is 15.0. The molecule has 0 spiro atoms. The molecule has 2 N–H and O–H groups in total. The van der Waals surface area contributed by atoms with E-state index in [9.17, 15) is 0 Å². The van der Waals surface area contributed by atoms with Gasteiger partial charge in [0.15, 0.2) is 0 Å². The molecule has 1 aliphatic heterocycles. The van der Waals surface area contributed by atoms with Crippen molar-refractivity contribution in [2.45, 2.75) is 25.3 Å². The number of nitrogens with two attached hydrogens (primary N) is 1. The Bertz CT molecular complexity index is 1020. The van der Waals surface area contributed by atoms with Crippen molar-refractivity contribution in [1.29, 1.82) is 0 Å². The minimum atomic E-state index is 0.785. The summed E-state index contributed by atoms with van der Waals surface area (Å²) in [7, 11) is 0. The lowest BCUT2D eigenvalue weighted by Gasteiger charge is -2.17. The van der Waals surface area contributed by atoms with Gasteiger partial charge < -0.3 is 10.6 Å². The molecule has 0 saturated carbocycles. The van der Waals surface area contributed by atoms with Gasteiger partial charge in [-0.1, -0.05) is 47.4 Å². The van der Waals surface area contributed by atoms with Crippen molar-refractivity contribution in [2.75, 3.05) is 11.4 Å². The van der Waals surface area contributed by atoms with Crippen LogP contribution in [0.1, 0.15) is 18.9 Å². The highest BCUT2D eigenvalue weighted by molar-refractivity contribution is 8.03. The van der Waals surface area contributed by atoms with Gasteiger partial charge in [0.1, 0.15) is 11.2 Å². The zero-order valence-corrected chi connectivity index (χ0v) is 16.6. The highest BCUT2D eigenvalue weighted by Gasteiger charge is 2.23. The molecule has 0 atom stereocenters. The average molecular weight is 381 g/mol. The summed E-state index contributed by atoms with van der Waals surface area (Å²) in [4.78, 5) is 3.61. The largest absolute Gasteiger partial charge is 0.398 e. The topological polar surface area (TPSA) is 33.1 Å². The lowest BCUT2D eigenvalue weighted by atomic mass is 10.3. The molecule has 1 aromatic heterocycles. The fraction of sp³-hybridized carbons (Fsp3) is 0.190. The fourth-order valence-corrected chi connectivity index (χ4v) is 5.67. The van der Waals surface area contributed by atoms with Crippen LogP contribution in [0, 0.1) is 0 Å². The summed E-state index contributed by atoms with van der Waals surface area (Å²) in [6.45, 7) is 6.21. The number of hydrogen-bond acceptors (Lipinski definition) is 4. The highest BCUT2D eigenvalue weighted by atomic mass is 32.2. The Morgan fingerprint density at radius 1 is 1.12 bits per heavy atom. The van der Waals surface area contributed by atoms with Gasteiger partial charge in [0.05, 0.1) is 10.7 Å². The van der Waals surface area contributed by atoms with Crippen LogP contribution in [0.25, 0.3) is 16.3 Å². The van der Waals surface area contributed by atoms with Crippen LogP contribution in [0.15, 0.2) is 70.2 Å². The zero-order chi connectivity index (χ0) is 18.1. The van der Waals surface area contributed by atoms with E-state index in [0.717, 1.165) is 18.8 Å². The quantitative estimate of drug-likeness (QED) is 0.648. The minimum Gasteiger partial charge on any atom is -0.398 e. The van der Waals surface area contributed by atoms with E-state index in [-0.39, 0.29) is 0 Å². The predicted molar refractivity (Wildman–Crippen MR) is 113 cm³/mol. The molecule has 3 aromatic rings. The van der Waals surface area contributed by atoms with Gasteiger partial charge in [-0.05, 0) is 38.1 Å². The molecular formula is C21H22N3S2+. The van der Waals surface area contributed by atoms with E-state index in [2.05, 4.69) is 84.0 Å². The number of hydrogen-bond donors (Lipinski definition) is 1. The molecule has 4 rings (SSSR count). The first-order chi connectivity index (χ1) is 12.7. The number of allylic oxidation sites excluding steroid dienone is 1. The van der Waals surface area contributed by atoms with Gasteiger partial charge >= 0.3 is 0 Å². The van der Waals surface area contributed by atoms with Crippen molar-refractivity contribution in [3.05, 3.63) is 70.3 Å². The molecule has 2 aromatic carbocycles. The predicted octanol–water partition coefficient (Wildman–Crippen LogP) is 4.98. The first-order valence-corrected chi connectivity index (χ1v) is 10.5. The molecule has 132 valence electrons. The number of aryl methyl sites for hydroxylation is 1. The lowest BCUT2D eigenvalue weighted by molar-refractivity contribution is -0.665. The number of fused-ring (bicyclic) bond motifs is 2. The maximum Gasteiger partial charge on any atom is 0.264 e. The monoisotopic (exact) mass is 380 g/mol. The summed E-state index contributed by atoms with van der Waals surface area (Å²) in [5.74, 6) is 0. The van der Waals surface area contributed by atoms with Crippen LogP contribution in [-0.4, -0.2) is 6.54 Å². The number of aromatic nitrogens is 1. The third kappa shape index (κ3) is 3.02. The lowest BCUT2D eigenvalue weighted by Crippen LogP contribution is -2.33. The molecular weight excluding hydrogens is 358 g/mol.